The van der Waals surface area contributed by atoms with Crippen LogP contribution in [0.4, 0.5) is 9.59 Å². The zero-order valence-electron chi connectivity index (χ0n) is 23.0. The van der Waals surface area contributed by atoms with Gasteiger partial charge in [-0.1, -0.05) is 65.0 Å². The van der Waals surface area contributed by atoms with Gasteiger partial charge < -0.3 is 19.7 Å². The first-order chi connectivity index (χ1) is 17.3. The molecule has 0 spiro atoms. The largest absolute Gasteiger partial charge is 0.449 e. The van der Waals surface area contributed by atoms with Crippen molar-refractivity contribution in [1.29, 1.82) is 0 Å². The highest BCUT2D eigenvalue weighted by atomic mass is 16.6. The number of carbonyl (C=O) groups excluding carboxylic acids is 3. The highest BCUT2D eigenvalue weighted by Gasteiger charge is 2.43. The Morgan fingerprint density at radius 2 is 1.86 bits per heavy atom. The molecule has 1 fully saturated rings. The van der Waals surface area contributed by atoms with Crippen LogP contribution in [0.2, 0.25) is 0 Å². The summed E-state index contributed by atoms with van der Waals surface area (Å²) in [4.78, 5) is 42.9. The Kier molecular flexibility index (Phi) is 7.58. The maximum atomic E-state index is 13.6. The molecule has 1 N–H and O–H groups in total. The van der Waals surface area contributed by atoms with Crippen LogP contribution in [0.1, 0.15) is 77.5 Å². The molecule has 4 bridgehead atoms. The number of nitrogens with one attached hydrogen (secondary N) is 1. The molecule has 3 aliphatic rings. The minimum Gasteiger partial charge on any atom is -0.449 e. The van der Waals surface area contributed by atoms with Gasteiger partial charge in [0, 0.05) is 19.0 Å². The van der Waals surface area contributed by atoms with E-state index in [0.717, 1.165) is 29.5 Å². The van der Waals surface area contributed by atoms with Gasteiger partial charge in [-0.25, -0.2) is 9.59 Å². The minimum absolute atomic E-state index is 0.117. The van der Waals surface area contributed by atoms with Crippen LogP contribution in [-0.2, 0) is 27.4 Å². The molecule has 0 aromatic heterocycles. The monoisotopic (exact) mass is 511 g/mol. The van der Waals surface area contributed by atoms with E-state index in [9.17, 15) is 14.4 Å². The van der Waals surface area contributed by atoms with E-state index < -0.39 is 23.7 Å². The number of ether oxygens (including phenoxy) is 2. The molecule has 37 heavy (non-hydrogen) atoms. The summed E-state index contributed by atoms with van der Waals surface area (Å²) in [5, 5.41) is 2.82. The highest BCUT2D eigenvalue weighted by molar-refractivity contribution is 5.87. The van der Waals surface area contributed by atoms with E-state index in [-0.39, 0.29) is 30.1 Å². The molecule has 8 heteroatoms. The van der Waals surface area contributed by atoms with Crippen LogP contribution in [0.3, 0.4) is 0 Å². The summed E-state index contributed by atoms with van der Waals surface area (Å²) in [7, 11) is 0. The number of rotatable bonds is 0. The Morgan fingerprint density at radius 1 is 1.11 bits per heavy atom. The third-order valence-corrected chi connectivity index (χ3v) is 7.62. The zero-order valence-corrected chi connectivity index (χ0v) is 23.0. The van der Waals surface area contributed by atoms with E-state index in [2.05, 4.69) is 43.4 Å². The second kappa shape index (κ2) is 10.4. The molecule has 0 saturated carbocycles. The van der Waals surface area contributed by atoms with Crippen LogP contribution in [0.5, 0.6) is 0 Å². The van der Waals surface area contributed by atoms with Crippen molar-refractivity contribution in [2.24, 2.45) is 10.8 Å². The van der Waals surface area contributed by atoms with E-state index >= 15 is 0 Å². The molecule has 202 valence electrons. The molecule has 3 atom stereocenters. The number of benzene rings is 1. The van der Waals surface area contributed by atoms with Gasteiger partial charge in [0.05, 0.1) is 19.7 Å². The predicted molar refractivity (Wildman–Crippen MR) is 142 cm³/mol. The van der Waals surface area contributed by atoms with Crippen molar-refractivity contribution in [2.45, 2.75) is 92.1 Å². The van der Waals surface area contributed by atoms with Crippen molar-refractivity contribution in [1.82, 2.24) is 15.1 Å². The van der Waals surface area contributed by atoms with Gasteiger partial charge in [-0.05, 0) is 47.3 Å². The van der Waals surface area contributed by atoms with Crippen LogP contribution < -0.4 is 5.32 Å². The number of nitrogens with zero attached hydrogens (tertiary/aromatic N) is 2. The van der Waals surface area contributed by atoms with E-state index in [1.807, 2.05) is 33.8 Å². The van der Waals surface area contributed by atoms with Crippen LogP contribution in [-0.4, -0.2) is 59.2 Å². The lowest BCUT2D eigenvalue weighted by molar-refractivity contribution is -0.137. The highest BCUT2D eigenvalue weighted by Crippen LogP contribution is 2.31. The standard InChI is InChI=1S/C29H41N3O5/c1-19-14-22-16-32(19)25(33)24(28(2,3)4)30-26(34)36-18-29(5,6)13-8-7-10-20-11-9-12-21-15-31(17-23(20)21)27(35)37-22/h7,9-12,19,22,24H,8,13-18H2,1-6H3,(H,30,34). The fourth-order valence-electron chi connectivity index (χ4n) is 5.32. The van der Waals surface area contributed by atoms with Crippen molar-refractivity contribution in [3.05, 3.63) is 41.0 Å². The summed E-state index contributed by atoms with van der Waals surface area (Å²) in [6.07, 6.45) is 5.12. The van der Waals surface area contributed by atoms with E-state index in [0.29, 0.717) is 26.1 Å². The van der Waals surface area contributed by atoms with Crippen LogP contribution >= 0.6 is 0 Å². The summed E-state index contributed by atoms with van der Waals surface area (Å²) in [6, 6.07) is 5.27. The molecular formula is C29H41N3O5. The molecule has 0 radical (unpaired) electrons. The lowest BCUT2D eigenvalue weighted by atomic mass is 9.85. The normalized spacial score (nSPS) is 27.0. The van der Waals surface area contributed by atoms with E-state index in [4.69, 9.17) is 9.47 Å². The molecule has 3 heterocycles. The Morgan fingerprint density at radius 3 is 2.59 bits per heavy atom. The molecule has 0 aliphatic carbocycles. The first-order valence-corrected chi connectivity index (χ1v) is 13.3. The molecule has 4 rings (SSSR count). The first kappa shape index (κ1) is 27.0. The number of fused-ring (bicyclic) bond motifs is 3. The van der Waals surface area contributed by atoms with Crippen LogP contribution in [0, 0.1) is 10.8 Å². The second-order valence-electron chi connectivity index (χ2n) is 12.5. The Labute approximate surface area is 220 Å². The van der Waals surface area contributed by atoms with Crippen LogP contribution in [0.25, 0.3) is 6.08 Å². The van der Waals surface area contributed by atoms with Crippen molar-refractivity contribution >= 4 is 24.2 Å². The fraction of sp³-hybridized carbons (Fsp3) is 0.621. The summed E-state index contributed by atoms with van der Waals surface area (Å²) in [5.41, 5.74) is 2.64. The first-order valence-electron chi connectivity index (χ1n) is 13.3. The summed E-state index contributed by atoms with van der Waals surface area (Å²) < 4.78 is 11.5. The van der Waals surface area contributed by atoms with Gasteiger partial charge in [-0.3, -0.25) is 9.69 Å². The van der Waals surface area contributed by atoms with Gasteiger partial charge in [0.1, 0.15) is 12.1 Å². The Bertz CT molecular complexity index is 1070. The maximum Gasteiger partial charge on any atom is 0.410 e. The SMILES string of the molecule is CC1CC2CN1C(=O)C(C(C)(C)C)NC(=O)OCC(C)(C)CCC=Cc1cccc3c1CN(C3)C(=O)O2. The topological polar surface area (TPSA) is 88.2 Å². The summed E-state index contributed by atoms with van der Waals surface area (Å²) in [6.45, 7) is 13.4. The molecule has 3 unspecified atom stereocenters. The molecular weight excluding hydrogens is 470 g/mol. The smallest absolute Gasteiger partial charge is 0.410 e. The van der Waals surface area contributed by atoms with Crippen molar-refractivity contribution in [3.8, 4) is 0 Å². The average molecular weight is 512 g/mol. The quantitative estimate of drug-likeness (QED) is 0.523. The maximum absolute atomic E-state index is 13.6. The van der Waals surface area contributed by atoms with Gasteiger partial charge in [-0.2, -0.15) is 0 Å². The molecule has 1 aromatic rings. The summed E-state index contributed by atoms with van der Waals surface area (Å²) in [5.74, 6) is -0.187. The number of allylic oxidation sites excluding steroid dienone is 1. The second-order valence-corrected chi connectivity index (χ2v) is 12.5. The molecule has 3 aliphatic heterocycles. The van der Waals surface area contributed by atoms with E-state index in [1.165, 1.54) is 0 Å². The number of cyclic esters (lactones) is 1. The van der Waals surface area contributed by atoms with Gasteiger partial charge in [0.25, 0.3) is 0 Å². The number of alkyl carbamates (subject to hydrolysis) is 1. The van der Waals surface area contributed by atoms with Crippen molar-refractivity contribution in [2.75, 3.05) is 13.2 Å². The lowest BCUT2D eigenvalue weighted by Gasteiger charge is -2.35. The number of carbonyl (C=O) groups is 3. The van der Waals surface area contributed by atoms with Gasteiger partial charge in [0.2, 0.25) is 5.91 Å². The molecule has 1 saturated heterocycles. The third-order valence-electron chi connectivity index (χ3n) is 7.62. The minimum atomic E-state index is -0.764. The predicted octanol–water partition coefficient (Wildman–Crippen LogP) is 5.10. The van der Waals surface area contributed by atoms with Gasteiger partial charge >= 0.3 is 12.2 Å². The number of hydrogen-bond donors (Lipinski definition) is 1. The fourth-order valence-corrected chi connectivity index (χ4v) is 5.32. The van der Waals surface area contributed by atoms with E-state index in [1.54, 1.807) is 9.80 Å². The van der Waals surface area contributed by atoms with Gasteiger partial charge in [-0.15, -0.1) is 0 Å². The number of hydrogen-bond acceptors (Lipinski definition) is 5. The van der Waals surface area contributed by atoms with Gasteiger partial charge in [0.15, 0.2) is 0 Å². The number of amides is 3. The van der Waals surface area contributed by atoms with Crippen molar-refractivity contribution < 1.29 is 23.9 Å². The zero-order chi connectivity index (χ0) is 27.0. The van der Waals surface area contributed by atoms with Crippen LogP contribution in [0.15, 0.2) is 24.3 Å². The lowest BCUT2D eigenvalue weighted by Crippen LogP contribution is -2.55. The third kappa shape index (κ3) is 6.28. The molecule has 3 amide bonds. The summed E-state index contributed by atoms with van der Waals surface area (Å²) >= 11 is 0. The molecule has 8 nitrogen and oxygen atoms in total. The average Bonchev–Trinajstić information content (AvgIpc) is 3.41. The van der Waals surface area contributed by atoms with Crippen molar-refractivity contribution in [3.63, 3.8) is 0 Å². The Hall–Kier alpha value is -3.03. The molecule has 1 aromatic carbocycles. The Balaban J connectivity index is 1.59.